The van der Waals surface area contributed by atoms with E-state index in [-0.39, 0.29) is 0 Å². The highest BCUT2D eigenvalue weighted by atomic mass is 35.5. The number of rotatable bonds is 2. The Hall–Kier alpha value is -0.690. The molecule has 2 atom stereocenters. The number of para-hydroxylation sites is 1. The molecule has 2 aliphatic rings. The zero-order valence-electron chi connectivity index (χ0n) is 10.9. The number of alkyl halides is 1. The maximum atomic E-state index is 6.10. The van der Waals surface area contributed by atoms with Crippen LogP contribution in [-0.2, 0) is 5.88 Å². The number of fused-ring (bicyclic) bond motifs is 1. The van der Waals surface area contributed by atoms with Gasteiger partial charge in [-0.1, -0.05) is 31.0 Å². The van der Waals surface area contributed by atoms with Gasteiger partial charge >= 0.3 is 0 Å². The van der Waals surface area contributed by atoms with Crippen LogP contribution in [-0.4, -0.2) is 12.6 Å². The van der Waals surface area contributed by atoms with Gasteiger partial charge in [0.1, 0.15) is 0 Å². The summed E-state index contributed by atoms with van der Waals surface area (Å²) >= 11 is 6.10. The lowest BCUT2D eigenvalue weighted by molar-refractivity contribution is 0.243. The van der Waals surface area contributed by atoms with Gasteiger partial charge in [-0.25, -0.2) is 0 Å². The summed E-state index contributed by atoms with van der Waals surface area (Å²) in [5, 5.41) is 0. The summed E-state index contributed by atoms with van der Waals surface area (Å²) in [4.78, 5) is 2.66. The summed E-state index contributed by atoms with van der Waals surface area (Å²) in [6.07, 6.45) is 8.43. The molecule has 1 aliphatic heterocycles. The Labute approximate surface area is 115 Å². The second-order valence-corrected chi connectivity index (χ2v) is 5.98. The fourth-order valence-corrected chi connectivity index (χ4v) is 4.05. The normalized spacial score (nSPS) is 27.9. The molecule has 0 amide bonds. The molecule has 1 saturated carbocycles. The van der Waals surface area contributed by atoms with Gasteiger partial charge in [-0.2, -0.15) is 0 Å². The molecule has 1 nitrogen and oxygen atoms in total. The molecule has 0 aromatic heterocycles. The van der Waals surface area contributed by atoms with E-state index in [2.05, 4.69) is 29.2 Å². The van der Waals surface area contributed by atoms with Crippen LogP contribution in [0.15, 0.2) is 24.3 Å². The fraction of sp³-hybridized carbons (Fsp3) is 0.625. The van der Waals surface area contributed by atoms with E-state index in [0.717, 1.165) is 12.0 Å². The molecule has 98 valence electrons. The molecule has 1 saturated heterocycles. The van der Waals surface area contributed by atoms with Crippen LogP contribution in [0.1, 0.15) is 44.1 Å². The summed E-state index contributed by atoms with van der Waals surface area (Å²) in [6, 6.07) is 9.46. The zero-order chi connectivity index (χ0) is 12.4. The lowest BCUT2D eigenvalue weighted by Gasteiger charge is -2.46. The van der Waals surface area contributed by atoms with Gasteiger partial charge in [0, 0.05) is 24.2 Å². The fourth-order valence-electron chi connectivity index (χ4n) is 3.83. The predicted molar refractivity (Wildman–Crippen MR) is 78.3 cm³/mol. The van der Waals surface area contributed by atoms with Crippen molar-refractivity contribution in [3.05, 3.63) is 29.8 Å². The van der Waals surface area contributed by atoms with Crippen LogP contribution >= 0.6 is 11.6 Å². The topological polar surface area (TPSA) is 3.24 Å². The van der Waals surface area contributed by atoms with Crippen LogP contribution in [0.2, 0.25) is 0 Å². The number of nitrogens with zero attached hydrogens (tertiary/aromatic N) is 1. The minimum Gasteiger partial charge on any atom is -0.368 e. The maximum absolute atomic E-state index is 6.10. The molecule has 18 heavy (non-hydrogen) atoms. The van der Waals surface area contributed by atoms with Crippen LogP contribution < -0.4 is 4.90 Å². The summed E-state index contributed by atoms with van der Waals surface area (Å²) in [6.45, 7) is 1.22. The Morgan fingerprint density at radius 1 is 1.06 bits per heavy atom. The molecule has 0 radical (unpaired) electrons. The Morgan fingerprint density at radius 2 is 1.83 bits per heavy atom. The third-order valence-electron chi connectivity index (χ3n) is 4.69. The Bertz CT molecular complexity index is 402. The first-order valence-electron chi connectivity index (χ1n) is 7.30. The molecular formula is C16H22ClN. The van der Waals surface area contributed by atoms with E-state index in [9.17, 15) is 0 Å². The van der Waals surface area contributed by atoms with E-state index >= 15 is 0 Å². The van der Waals surface area contributed by atoms with Crippen LogP contribution in [0.5, 0.6) is 0 Å². The first-order chi connectivity index (χ1) is 8.90. The van der Waals surface area contributed by atoms with Crippen molar-refractivity contribution in [3.63, 3.8) is 0 Å². The predicted octanol–water partition coefficient (Wildman–Crippen LogP) is 4.58. The molecule has 1 aromatic rings. The van der Waals surface area contributed by atoms with Crippen LogP contribution in [0.4, 0.5) is 5.69 Å². The quantitative estimate of drug-likeness (QED) is 0.706. The van der Waals surface area contributed by atoms with Gasteiger partial charge in [-0.15, -0.1) is 11.6 Å². The van der Waals surface area contributed by atoms with Gasteiger partial charge in [0.2, 0.25) is 0 Å². The molecule has 2 heteroatoms. The SMILES string of the molecule is ClCc1ccccc1N1CCC[C@H]2CCCC[C@H]21. The second-order valence-electron chi connectivity index (χ2n) is 5.71. The van der Waals surface area contributed by atoms with E-state index in [0.29, 0.717) is 5.88 Å². The Balaban J connectivity index is 1.89. The Morgan fingerprint density at radius 3 is 2.72 bits per heavy atom. The summed E-state index contributed by atoms with van der Waals surface area (Å²) in [5.41, 5.74) is 2.69. The minimum absolute atomic E-state index is 0.629. The molecule has 2 fully saturated rings. The number of halogens is 1. The molecular weight excluding hydrogens is 242 g/mol. The van der Waals surface area contributed by atoms with Gasteiger partial charge in [-0.05, 0) is 43.2 Å². The number of hydrogen-bond acceptors (Lipinski definition) is 1. The lowest BCUT2D eigenvalue weighted by atomic mass is 9.78. The van der Waals surface area contributed by atoms with E-state index < -0.39 is 0 Å². The number of benzene rings is 1. The van der Waals surface area contributed by atoms with Crippen LogP contribution in [0.25, 0.3) is 0 Å². The summed E-state index contributed by atoms with van der Waals surface area (Å²) in [5.74, 6) is 1.56. The van der Waals surface area contributed by atoms with Crippen LogP contribution in [0, 0.1) is 5.92 Å². The molecule has 0 bridgehead atoms. The smallest absolute Gasteiger partial charge is 0.0494 e. The van der Waals surface area contributed by atoms with Gasteiger partial charge in [-0.3, -0.25) is 0 Å². The third-order valence-corrected chi connectivity index (χ3v) is 4.98. The van der Waals surface area contributed by atoms with Crippen molar-refractivity contribution in [2.45, 2.75) is 50.4 Å². The van der Waals surface area contributed by atoms with E-state index in [1.807, 2.05) is 0 Å². The molecule has 1 aromatic carbocycles. The third kappa shape index (κ3) is 2.25. The van der Waals surface area contributed by atoms with E-state index in [1.54, 1.807) is 0 Å². The van der Waals surface area contributed by atoms with Crippen molar-refractivity contribution in [2.24, 2.45) is 5.92 Å². The van der Waals surface area contributed by atoms with E-state index in [1.165, 1.54) is 56.3 Å². The average Bonchev–Trinajstić information content (AvgIpc) is 2.46. The summed E-state index contributed by atoms with van der Waals surface area (Å²) in [7, 11) is 0. The largest absolute Gasteiger partial charge is 0.368 e. The first kappa shape index (κ1) is 12.3. The lowest BCUT2D eigenvalue weighted by Crippen LogP contribution is -2.47. The maximum Gasteiger partial charge on any atom is 0.0494 e. The highest BCUT2D eigenvalue weighted by Crippen LogP contribution is 2.38. The molecule has 3 rings (SSSR count). The van der Waals surface area contributed by atoms with Gasteiger partial charge in [0.25, 0.3) is 0 Å². The highest BCUT2D eigenvalue weighted by Gasteiger charge is 2.33. The number of piperidine rings is 1. The van der Waals surface area contributed by atoms with Gasteiger partial charge < -0.3 is 4.90 Å². The van der Waals surface area contributed by atoms with Crippen molar-refractivity contribution in [3.8, 4) is 0 Å². The standard InChI is InChI=1S/C16H22ClN/c17-12-14-7-2-4-10-16(14)18-11-5-8-13-6-1-3-9-15(13)18/h2,4,7,10,13,15H,1,3,5-6,8-9,11-12H2/t13-,15-/m1/s1. The van der Waals surface area contributed by atoms with Gasteiger partial charge in [0.15, 0.2) is 0 Å². The number of hydrogen-bond donors (Lipinski definition) is 0. The summed E-state index contributed by atoms with van der Waals surface area (Å²) < 4.78 is 0. The van der Waals surface area contributed by atoms with Crippen molar-refractivity contribution >= 4 is 17.3 Å². The first-order valence-corrected chi connectivity index (χ1v) is 7.84. The average molecular weight is 264 g/mol. The molecule has 0 spiro atoms. The van der Waals surface area contributed by atoms with Crippen molar-refractivity contribution in [1.29, 1.82) is 0 Å². The van der Waals surface area contributed by atoms with Gasteiger partial charge in [0.05, 0.1) is 0 Å². The monoisotopic (exact) mass is 263 g/mol. The molecule has 1 aliphatic carbocycles. The van der Waals surface area contributed by atoms with Crippen molar-refractivity contribution < 1.29 is 0 Å². The zero-order valence-corrected chi connectivity index (χ0v) is 11.7. The van der Waals surface area contributed by atoms with E-state index in [4.69, 9.17) is 11.6 Å². The highest BCUT2D eigenvalue weighted by molar-refractivity contribution is 6.17. The number of anilines is 1. The molecule has 0 unspecified atom stereocenters. The van der Waals surface area contributed by atoms with Crippen LogP contribution in [0.3, 0.4) is 0 Å². The second kappa shape index (κ2) is 5.52. The molecule has 0 N–H and O–H groups in total. The molecule has 1 heterocycles. The minimum atomic E-state index is 0.629. The van der Waals surface area contributed by atoms with Crippen molar-refractivity contribution in [2.75, 3.05) is 11.4 Å². The Kier molecular flexibility index (Phi) is 3.79. The van der Waals surface area contributed by atoms with Crippen molar-refractivity contribution in [1.82, 2.24) is 0 Å².